The molecule has 1 N–H and O–H groups in total. The summed E-state index contributed by atoms with van der Waals surface area (Å²) in [6, 6.07) is 3.16. The predicted molar refractivity (Wildman–Crippen MR) is 68.0 cm³/mol. The zero-order valence-electron chi connectivity index (χ0n) is 10.6. The second-order valence-corrected chi connectivity index (χ2v) is 5.56. The summed E-state index contributed by atoms with van der Waals surface area (Å²) >= 11 is 0. The number of hydrogen-bond acceptors (Lipinski definition) is 5. The highest BCUT2D eigenvalue weighted by Crippen LogP contribution is 2.11. The van der Waals surface area contributed by atoms with Gasteiger partial charge < -0.3 is 4.74 Å². The van der Waals surface area contributed by atoms with E-state index < -0.39 is 10.0 Å². The third-order valence-electron chi connectivity index (χ3n) is 2.52. The van der Waals surface area contributed by atoms with Gasteiger partial charge in [0.1, 0.15) is 5.75 Å². The Hall–Kier alpha value is -1.93. The van der Waals surface area contributed by atoms with Crippen LogP contribution in [0.5, 0.6) is 5.75 Å². The minimum Gasteiger partial charge on any atom is -0.495 e. The molecule has 2 aromatic rings. The Morgan fingerprint density at radius 1 is 1.42 bits per heavy atom. The summed E-state index contributed by atoms with van der Waals surface area (Å²) in [5, 5.41) is 3.94. The first-order valence-electron chi connectivity index (χ1n) is 5.48. The molecule has 0 fully saturated rings. The molecule has 0 spiro atoms. The first kappa shape index (κ1) is 13.5. The fraction of sp³-hybridized carbons (Fsp3) is 0.273. The lowest BCUT2D eigenvalue weighted by atomic mass is 10.3. The summed E-state index contributed by atoms with van der Waals surface area (Å²) in [6.07, 6.45) is 4.56. The topological polar surface area (TPSA) is 86.1 Å². The van der Waals surface area contributed by atoms with Crippen LogP contribution in [-0.2, 0) is 23.6 Å². The molecule has 0 unspecified atom stereocenters. The second-order valence-electron chi connectivity index (χ2n) is 3.85. The van der Waals surface area contributed by atoms with E-state index in [1.54, 1.807) is 25.5 Å². The smallest absolute Gasteiger partial charge is 0.258 e. The molecule has 7 nitrogen and oxygen atoms in total. The Labute approximate surface area is 111 Å². The third kappa shape index (κ3) is 3.09. The molecule has 0 aliphatic carbocycles. The number of aryl methyl sites for hydroxylation is 1. The van der Waals surface area contributed by atoms with Gasteiger partial charge in [0.2, 0.25) is 0 Å². The molecule has 0 atom stereocenters. The van der Waals surface area contributed by atoms with Crippen LogP contribution in [0.25, 0.3) is 0 Å². The number of sulfonamides is 1. The molecule has 0 aliphatic heterocycles. The number of hydrogen-bond donors (Lipinski definition) is 1. The molecule has 2 heterocycles. The lowest BCUT2D eigenvalue weighted by molar-refractivity contribution is 0.412. The summed E-state index contributed by atoms with van der Waals surface area (Å²) in [6.45, 7) is 0.137. The van der Waals surface area contributed by atoms with Crippen molar-refractivity contribution in [2.24, 2.45) is 7.05 Å². The maximum Gasteiger partial charge on any atom is 0.258 e. The van der Waals surface area contributed by atoms with Crippen molar-refractivity contribution >= 4 is 10.0 Å². The zero-order chi connectivity index (χ0) is 13.9. The molecular weight excluding hydrogens is 268 g/mol. The number of rotatable bonds is 5. The fourth-order valence-electron chi connectivity index (χ4n) is 1.55. The van der Waals surface area contributed by atoms with Crippen LogP contribution in [0.15, 0.2) is 35.7 Å². The number of pyridine rings is 1. The van der Waals surface area contributed by atoms with Crippen LogP contribution in [0.4, 0.5) is 0 Å². The van der Waals surface area contributed by atoms with Crippen molar-refractivity contribution in [1.82, 2.24) is 19.5 Å². The van der Waals surface area contributed by atoms with Crippen molar-refractivity contribution in [3.8, 4) is 5.75 Å². The summed E-state index contributed by atoms with van der Waals surface area (Å²) in [5.41, 5.74) is 0.713. The van der Waals surface area contributed by atoms with Gasteiger partial charge in [0.05, 0.1) is 19.5 Å². The molecule has 2 rings (SSSR count). The van der Waals surface area contributed by atoms with Crippen LogP contribution < -0.4 is 9.46 Å². The van der Waals surface area contributed by atoms with E-state index in [4.69, 9.17) is 4.74 Å². The monoisotopic (exact) mass is 282 g/mol. The van der Waals surface area contributed by atoms with Crippen LogP contribution in [0.2, 0.25) is 0 Å². The van der Waals surface area contributed by atoms with Crippen molar-refractivity contribution in [3.63, 3.8) is 0 Å². The molecule has 0 saturated carbocycles. The maximum absolute atomic E-state index is 12.0. The summed E-state index contributed by atoms with van der Waals surface area (Å²) in [4.78, 5) is 3.96. The molecule has 0 bridgehead atoms. The number of nitrogens with one attached hydrogen (secondary N) is 1. The number of ether oxygens (including phenoxy) is 1. The van der Waals surface area contributed by atoms with Crippen LogP contribution in [0.1, 0.15) is 5.56 Å². The largest absolute Gasteiger partial charge is 0.495 e. The molecule has 0 amide bonds. The first-order chi connectivity index (χ1) is 9.03. The number of aromatic nitrogens is 3. The Balaban J connectivity index is 2.12. The minimum atomic E-state index is -3.58. The van der Waals surface area contributed by atoms with E-state index in [0.717, 1.165) is 0 Å². The van der Waals surface area contributed by atoms with E-state index >= 15 is 0 Å². The van der Waals surface area contributed by atoms with E-state index in [0.29, 0.717) is 11.3 Å². The van der Waals surface area contributed by atoms with Gasteiger partial charge in [0, 0.05) is 19.8 Å². The van der Waals surface area contributed by atoms with Gasteiger partial charge >= 0.3 is 0 Å². The molecule has 8 heteroatoms. The van der Waals surface area contributed by atoms with Crippen molar-refractivity contribution in [3.05, 3.63) is 36.3 Å². The van der Waals surface area contributed by atoms with Gasteiger partial charge in [-0.25, -0.2) is 13.1 Å². The number of nitrogens with zero attached hydrogens (tertiary/aromatic N) is 3. The van der Waals surface area contributed by atoms with Crippen LogP contribution in [-0.4, -0.2) is 30.3 Å². The van der Waals surface area contributed by atoms with Crippen molar-refractivity contribution < 1.29 is 13.2 Å². The van der Waals surface area contributed by atoms with E-state index in [2.05, 4.69) is 14.8 Å². The van der Waals surface area contributed by atoms with Gasteiger partial charge in [-0.3, -0.25) is 9.67 Å². The minimum absolute atomic E-state index is 0.114. The Morgan fingerprint density at radius 2 is 2.21 bits per heavy atom. The summed E-state index contributed by atoms with van der Waals surface area (Å²) in [7, 11) is -0.484. The van der Waals surface area contributed by atoms with Crippen LogP contribution in [0.3, 0.4) is 0 Å². The van der Waals surface area contributed by atoms with Crippen molar-refractivity contribution in [2.45, 2.75) is 11.6 Å². The second kappa shape index (κ2) is 5.37. The quantitative estimate of drug-likeness (QED) is 0.852. The standard InChI is InChI=1S/C11H14N4O3S/c1-15-11(3-4-13-15)19(16,17)14-7-9-5-10(18-2)8-12-6-9/h3-6,8,14H,7H2,1-2H3. The van der Waals surface area contributed by atoms with E-state index in [9.17, 15) is 8.42 Å². The van der Waals surface area contributed by atoms with Crippen molar-refractivity contribution in [1.29, 1.82) is 0 Å². The average Bonchev–Trinajstić information content (AvgIpc) is 2.84. The highest BCUT2D eigenvalue weighted by atomic mass is 32.2. The highest BCUT2D eigenvalue weighted by molar-refractivity contribution is 7.89. The zero-order valence-corrected chi connectivity index (χ0v) is 11.4. The molecule has 2 aromatic heterocycles. The molecule has 102 valence electrons. The first-order valence-corrected chi connectivity index (χ1v) is 6.97. The van der Waals surface area contributed by atoms with E-state index in [-0.39, 0.29) is 11.6 Å². The van der Waals surface area contributed by atoms with Gasteiger partial charge in [-0.2, -0.15) is 5.10 Å². The molecule has 0 saturated heterocycles. The van der Waals surface area contributed by atoms with Gasteiger partial charge in [-0.15, -0.1) is 0 Å². The van der Waals surface area contributed by atoms with Crippen LogP contribution in [0, 0.1) is 0 Å². The van der Waals surface area contributed by atoms with E-state index in [1.165, 1.54) is 24.1 Å². The SMILES string of the molecule is COc1cncc(CNS(=O)(=O)c2ccnn2C)c1. The van der Waals surface area contributed by atoms with Gasteiger partial charge in [-0.1, -0.05) is 0 Å². The molecule has 0 radical (unpaired) electrons. The predicted octanol–water partition coefficient (Wildman–Crippen LogP) is 0.302. The average molecular weight is 282 g/mol. The van der Waals surface area contributed by atoms with Crippen molar-refractivity contribution in [2.75, 3.05) is 7.11 Å². The Bertz CT molecular complexity index is 666. The normalized spacial score (nSPS) is 11.5. The third-order valence-corrected chi connectivity index (χ3v) is 4.00. The Kier molecular flexibility index (Phi) is 3.82. The van der Waals surface area contributed by atoms with E-state index in [1.807, 2.05) is 0 Å². The molecule has 0 aliphatic rings. The Morgan fingerprint density at radius 3 is 2.84 bits per heavy atom. The van der Waals surface area contributed by atoms with Gasteiger partial charge in [0.15, 0.2) is 5.03 Å². The lowest BCUT2D eigenvalue weighted by Gasteiger charge is -2.07. The summed E-state index contributed by atoms with van der Waals surface area (Å²) in [5.74, 6) is 0.581. The molecule has 0 aromatic carbocycles. The molecule has 19 heavy (non-hydrogen) atoms. The molecular formula is C11H14N4O3S. The van der Waals surface area contributed by atoms with Gasteiger partial charge in [-0.05, 0) is 17.7 Å². The maximum atomic E-state index is 12.0. The fourth-order valence-corrected chi connectivity index (χ4v) is 2.69. The number of methoxy groups -OCH3 is 1. The van der Waals surface area contributed by atoms with Crippen LogP contribution >= 0.6 is 0 Å². The highest BCUT2D eigenvalue weighted by Gasteiger charge is 2.17. The van der Waals surface area contributed by atoms with Gasteiger partial charge in [0.25, 0.3) is 10.0 Å². The summed E-state index contributed by atoms with van der Waals surface area (Å²) < 4.78 is 32.8. The lowest BCUT2D eigenvalue weighted by Crippen LogP contribution is -2.25.